The third kappa shape index (κ3) is 12.4. The molecule has 2 fully saturated rings. The summed E-state index contributed by atoms with van der Waals surface area (Å²) in [7, 11) is 3.00. The molecule has 2 heterocycles. The Labute approximate surface area is 299 Å². The summed E-state index contributed by atoms with van der Waals surface area (Å²) in [5, 5.41) is 2.78. The van der Waals surface area contributed by atoms with Gasteiger partial charge in [-0.25, -0.2) is 0 Å². The minimum absolute atomic E-state index is 0.100. The van der Waals surface area contributed by atoms with Crippen LogP contribution in [0.4, 0.5) is 5.69 Å². The molecule has 1 saturated carbocycles. The van der Waals surface area contributed by atoms with Crippen molar-refractivity contribution in [2.24, 2.45) is 11.7 Å². The first-order valence-electron chi connectivity index (χ1n) is 16.8. The molecular formula is C34H45N3O11S2. The third-order valence-corrected chi connectivity index (χ3v) is 11.0. The van der Waals surface area contributed by atoms with Crippen molar-refractivity contribution in [1.82, 2.24) is 4.90 Å². The number of ether oxygens (including phenoxy) is 4. The Kier molecular flexibility index (Phi) is 16.5. The van der Waals surface area contributed by atoms with E-state index >= 15 is 0 Å². The van der Waals surface area contributed by atoms with Gasteiger partial charge in [0.15, 0.2) is 11.6 Å². The lowest BCUT2D eigenvalue weighted by molar-refractivity contribution is -0.133. The van der Waals surface area contributed by atoms with Gasteiger partial charge in [-0.3, -0.25) is 33.6 Å². The van der Waals surface area contributed by atoms with Gasteiger partial charge < -0.3 is 34.9 Å². The number of Topliss-reactive ketones (excluding diaryl/α,β-unsaturated/α-hetero) is 5. The number of carbonyl (C=O) groups is 7. The van der Waals surface area contributed by atoms with Gasteiger partial charge in [0, 0.05) is 66.7 Å². The van der Waals surface area contributed by atoms with Crippen LogP contribution in [0.1, 0.15) is 60.9 Å². The van der Waals surface area contributed by atoms with Crippen LogP contribution in [0.25, 0.3) is 0 Å². The molecule has 274 valence electrons. The van der Waals surface area contributed by atoms with E-state index in [1.54, 1.807) is 18.2 Å². The monoisotopic (exact) mass is 735 g/mol. The number of nitrogens with two attached hydrogens (primary N) is 1. The molecule has 1 saturated heterocycles. The van der Waals surface area contributed by atoms with E-state index in [0.717, 1.165) is 0 Å². The molecule has 3 N–H and O–H groups in total. The largest absolute Gasteiger partial charge is 0.379 e. The van der Waals surface area contributed by atoms with Crippen molar-refractivity contribution in [3.63, 3.8) is 0 Å². The zero-order valence-electron chi connectivity index (χ0n) is 28.0. The van der Waals surface area contributed by atoms with E-state index < -0.39 is 23.9 Å². The molecule has 2 amide bonds. The standard InChI is InChI=1S/C34H45N3O11S2/c35-27-21-50-49-20-22(15-31(27)41)30(40)16-23(38)3-2-8-45-9-10-46-11-12-47-13-14-48-19-33(43)36-28-5-1-4-25-26(28)18-37(34(25)44)29-7-6-24(39)17-32(29)42/h1,4-5,22,27,29H,2-3,6-21,35H2,(H,36,43). The van der Waals surface area contributed by atoms with E-state index in [4.69, 9.17) is 24.7 Å². The second kappa shape index (κ2) is 20.8. The summed E-state index contributed by atoms with van der Waals surface area (Å²) < 4.78 is 21.8. The molecule has 2 aliphatic heterocycles. The van der Waals surface area contributed by atoms with Crippen LogP contribution in [0.2, 0.25) is 0 Å². The molecule has 1 aliphatic carbocycles. The average molecular weight is 736 g/mol. The molecule has 16 heteroatoms. The average Bonchev–Trinajstić information content (AvgIpc) is 3.41. The first kappa shape index (κ1) is 39.8. The summed E-state index contributed by atoms with van der Waals surface area (Å²) in [6.45, 7) is 2.15. The predicted molar refractivity (Wildman–Crippen MR) is 186 cm³/mol. The number of carbonyl (C=O) groups excluding carboxylic acids is 7. The Hall–Kier alpha value is -2.99. The van der Waals surface area contributed by atoms with Gasteiger partial charge in [0.1, 0.15) is 24.0 Å². The van der Waals surface area contributed by atoms with Crippen LogP contribution < -0.4 is 11.1 Å². The Balaban J connectivity index is 0.972. The summed E-state index contributed by atoms with van der Waals surface area (Å²) in [5.41, 5.74) is 7.35. The summed E-state index contributed by atoms with van der Waals surface area (Å²) in [4.78, 5) is 87.8. The van der Waals surface area contributed by atoms with Gasteiger partial charge in [-0.05, 0) is 25.0 Å². The highest BCUT2D eigenvalue weighted by molar-refractivity contribution is 8.76. The van der Waals surface area contributed by atoms with Gasteiger partial charge in [-0.1, -0.05) is 27.7 Å². The highest BCUT2D eigenvalue weighted by Gasteiger charge is 2.39. The summed E-state index contributed by atoms with van der Waals surface area (Å²) in [5.74, 6) is -0.939. The summed E-state index contributed by atoms with van der Waals surface area (Å²) >= 11 is 0. The maximum Gasteiger partial charge on any atom is 0.255 e. The van der Waals surface area contributed by atoms with E-state index in [0.29, 0.717) is 74.2 Å². The minimum atomic E-state index is -0.631. The third-order valence-electron chi connectivity index (χ3n) is 8.47. The van der Waals surface area contributed by atoms with Crippen LogP contribution in [0.15, 0.2) is 18.2 Å². The fraction of sp³-hybridized carbons (Fsp3) is 0.618. The van der Waals surface area contributed by atoms with Crippen molar-refractivity contribution in [1.29, 1.82) is 0 Å². The number of ketones is 5. The highest BCUT2D eigenvalue weighted by atomic mass is 33.1. The van der Waals surface area contributed by atoms with Crippen LogP contribution in [0.5, 0.6) is 0 Å². The fourth-order valence-electron chi connectivity index (χ4n) is 5.73. The lowest BCUT2D eigenvalue weighted by atomic mass is 9.92. The van der Waals surface area contributed by atoms with Crippen molar-refractivity contribution in [3.8, 4) is 0 Å². The topological polar surface area (TPSA) is 198 Å². The van der Waals surface area contributed by atoms with Crippen molar-refractivity contribution in [2.45, 2.75) is 63.6 Å². The molecule has 0 spiro atoms. The number of hydrogen-bond donors (Lipinski definition) is 2. The molecule has 50 heavy (non-hydrogen) atoms. The van der Waals surface area contributed by atoms with Gasteiger partial charge in [-0.15, -0.1) is 0 Å². The van der Waals surface area contributed by atoms with Gasteiger partial charge in [-0.2, -0.15) is 0 Å². The maximum atomic E-state index is 13.0. The second-order valence-electron chi connectivity index (χ2n) is 12.3. The van der Waals surface area contributed by atoms with E-state index in [2.05, 4.69) is 5.32 Å². The number of benzene rings is 1. The normalized spacial score (nSPS) is 21.1. The SMILES string of the molecule is NC1CSSCC(C(=O)CC(=O)CCCOCCOCCOCCOCC(=O)Nc2cccc3c2CN(C2CCC(=O)CC2=O)C3=O)CC1=O. The zero-order valence-corrected chi connectivity index (χ0v) is 29.7. The van der Waals surface area contributed by atoms with Crippen LogP contribution in [-0.4, -0.2) is 122 Å². The molecule has 3 atom stereocenters. The molecule has 1 aromatic rings. The first-order valence-corrected chi connectivity index (χ1v) is 19.3. The Bertz CT molecular complexity index is 1410. The van der Waals surface area contributed by atoms with Gasteiger partial charge in [0.25, 0.3) is 5.91 Å². The van der Waals surface area contributed by atoms with Crippen molar-refractivity contribution in [2.75, 3.05) is 69.7 Å². The molecule has 3 unspecified atom stereocenters. The molecule has 4 rings (SSSR count). The number of nitrogens with zero attached hydrogens (tertiary/aromatic N) is 1. The second-order valence-corrected chi connectivity index (χ2v) is 14.8. The molecule has 0 aromatic heterocycles. The quantitative estimate of drug-likeness (QED) is 0.112. The minimum Gasteiger partial charge on any atom is -0.379 e. The van der Waals surface area contributed by atoms with Crippen molar-refractivity contribution in [3.05, 3.63) is 29.3 Å². The van der Waals surface area contributed by atoms with Gasteiger partial charge in [0.2, 0.25) is 5.91 Å². The smallest absolute Gasteiger partial charge is 0.255 e. The van der Waals surface area contributed by atoms with E-state index in [-0.39, 0.29) is 93.3 Å². The Morgan fingerprint density at radius 1 is 0.880 bits per heavy atom. The Morgan fingerprint density at radius 3 is 2.28 bits per heavy atom. The van der Waals surface area contributed by atoms with Gasteiger partial charge >= 0.3 is 0 Å². The fourth-order valence-corrected chi connectivity index (χ4v) is 8.23. The predicted octanol–water partition coefficient (Wildman–Crippen LogP) is 1.94. The molecule has 0 radical (unpaired) electrons. The molecule has 3 aliphatic rings. The van der Waals surface area contributed by atoms with Crippen LogP contribution in [0, 0.1) is 5.92 Å². The van der Waals surface area contributed by atoms with Crippen LogP contribution in [0.3, 0.4) is 0 Å². The lowest BCUT2D eigenvalue weighted by Crippen LogP contribution is -2.44. The Morgan fingerprint density at radius 2 is 1.56 bits per heavy atom. The van der Waals surface area contributed by atoms with E-state index in [1.165, 1.54) is 26.5 Å². The number of nitrogens with one attached hydrogen (secondary N) is 1. The molecule has 0 bridgehead atoms. The van der Waals surface area contributed by atoms with E-state index in [9.17, 15) is 33.6 Å². The van der Waals surface area contributed by atoms with Crippen molar-refractivity contribution < 1.29 is 52.5 Å². The number of anilines is 1. The molecule has 1 aromatic carbocycles. The summed E-state index contributed by atoms with van der Waals surface area (Å²) in [6.07, 6.45) is 1.08. The zero-order chi connectivity index (χ0) is 35.9. The molecular weight excluding hydrogens is 691 g/mol. The number of rotatable bonds is 20. The molecule has 14 nitrogen and oxygen atoms in total. The highest BCUT2D eigenvalue weighted by Crippen LogP contribution is 2.33. The first-order chi connectivity index (χ1) is 24.1. The number of amides is 2. The maximum absolute atomic E-state index is 13.0. The number of hydrogen-bond acceptors (Lipinski definition) is 14. The van der Waals surface area contributed by atoms with Gasteiger partial charge in [0.05, 0.1) is 64.6 Å². The number of fused-ring (bicyclic) bond motifs is 1. The van der Waals surface area contributed by atoms with Crippen LogP contribution in [-0.2, 0) is 54.3 Å². The summed E-state index contributed by atoms with van der Waals surface area (Å²) in [6, 6.07) is 3.83. The van der Waals surface area contributed by atoms with Crippen LogP contribution >= 0.6 is 21.6 Å². The van der Waals surface area contributed by atoms with Crippen molar-refractivity contribution >= 4 is 68.0 Å². The lowest BCUT2D eigenvalue weighted by Gasteiger charge is -2.29. The van der Waals surface area contributed by atoms with E-state index in [1.807, 2.05) is 0 Å².